The average molecular weight is 1340 g/mol. The van der Waals surface area contributed by atoms with Crippen molar-refractivity contribution in [3.63, 3.8) is 0 Å². The number of piperidine rings is 2. The molecule has 98 heavy (non-hydrogen) atoms. The number of rotatable bonds is 23. The second kappa shape index (κ2) is 28.9. The third kappa shape index (κ3) is 14.7. The summed E-state index contributed by atoms with van der Waals surface area (Å²) in [5, 5.41) is 42.7. The summed E-state index contributed by atoms with van der Waals surface area (Å²) in [6.07, 6.45) is 1.48. The highest BCUT2D eigenvalue weighted by atomic mass is 19.4. The van der Waals surface area contributed by atoms with Gasteiger partial charge in [0.15, 0.2) is 11.6 Å². The maximum absolute atomic E-state index is 15.5. The number of benzene rings is 4. The van der Waals surface area contributed by atoms with Crippen LogP contribution in [0.15, 0.2) is 97.6 Å². The van der Waals surface area contributed by atoms with E-state index in [2.05, 4.69) is 73.7 Å². The van der Waals surface area contributed by atoms with E-state index < -0.39 is 35.3 Å². The van der Waals surface area contributed by atoms with Gasteiger partial charge in [0.1, 0.15) is 35.9 Å². The average Bonchev–Trinajstić information content (AvgIpc) is 1.59. The van der Waals surface area contributed by atoms with Crippen LogP contribution in [0.5, 0.6) is 0 Å². The molecule has 0 saturated carbocycles. The van der Waals surface area contributed by atoms with E-state index in [1.54, 1.807) is 41.5 Å². The van der Waals surface area contributed by atoms with Crippen molar-refractivity contribution in [3.8, 4) is 57.2 Å². The first-order chi connectivity index (χ1) is 47.0. The zero-order valence-electron chi connectivity index (χ0n) is 56.0. The van der Waals surface area contributed by atoms with Crippen LogP contribution in [0.3, 0.4) is 0 Å². The van der Waals surface area contributed by atoms with Crippen molar-refractivity contribution in [3.05, 3.63) is 153 Å². The number of hydrogen-bond donors (Lipinski definition) is 2. The molecule has 4 aromatic carbocycles. The van der Waals surface area contributed by atoms with Crippen LogP contribution in [-0.4, -0.2) is 99.4 Å². The molecule has 4 aliphatic heterocycles. The predicted molar refractivity (Wildman–Crippen MR) is 363 cm³/mol. The van der Waals surface area contributed by atoms with Crippen molar-refractivity contribution in [1.82, 2.24) is 49.3 Å². The highest BCUT2D eigenvalue weighted by molar-refractivity contribution is 6.11. The maximum Gasteiger partial charge on any atom is 0.416 e. The van der Waals surface area contributed by atoms with Crippen molar-refractivity contribution >= 4 is 35.1 Å². The molecule has 0 aliphatic carbocycles. The molecule has 12 rings (SSSR count). The number of amides is 2. The molecule has 2 amide bonds. The van der Waals surface area contributed by atoms with Crippen LogP contribution in [0.4, 0.5) is 49.6 Å². The summed E-state index contributed by atoms with van der Waals surface area (Å²) >= 11 is 0. The smallest absolute Gasteiger partial charge is 0.370 e. The van der Waals surface area contributed by atoms with Gasteiger partial charge in [0.05, 0.1) is 36.4 Å². The number of fused-ring (bicyclic) bond motifs is 2. The van der Waals surface area contributed by atoms with Crippen LogP contribution in [0, 0.1) is 48.3 Å². The fourth-order valence-corrected chi connectivity index (χ4v) is 14.7. The maximum atomic E-state index is 15.5. The van der Waals surface area contributed by atoms with Gasteiger partial charge in [0.2, 0.25) is 0 Å². The molecule has 2 fully saturated rings. The first-order valence-corrected chi connectivity index (χ1v) is 33.8. The first-order valence-electron chi connectivity index (χ1n) is 33.8. The van der Waals surface area contributed by atoms with Crippen LogP contribution in [-0.2, 0) is 52.1 Å². The van der Waals surface area contributed by atoms with Crippen LogP contribution in [0.2, 0.25) is 0 Å². The van der Waals surface area contributed by atoms with Crippen molar-refractivity contribution in [2.24, 2.45) is 18.9 Å². The van der Waals surface area contributed by atoms with E-state index in [-0.39, 0.29) is 77.9 Å². The van der Waals surface area contributed by atoms with E-state index in [9.17, 15) is 20.1 Å². The molecule has 2 N–H and O–H groups in total. The number of hydrogen-bond acceptors (Lipinski definition) is 14. The number of nitriles is 2. The Balaban J connectivity index is 0.799. The molecular weight excluding hydrogens is 1260 g/mol. The van der Waals surface area contributed by atoms with Crippen LogP contribution in [0.1, 0.15) is 157 Å². The van der Waals surface area contributed by atoms with Gasteiger partial charge in [-0.1, -0.05) is 81.1 Å². The molecule has 1 unspecified atom stereocenters. The number of nitrogens with zero attached hydrogens (tertiary/aromatic N) is 14. The quantitative estimate of drug-likeness (QED) is 0.0452. The van der Waals surface area contributed by atoms with Crippen LogP contribution < -0.4 is 20.4 Å². The molecule has 510 valence electrons. The Morgan fingerprint density at radius 3 is 1.54 bits per heavy atom. The van der Waals surface area contributed by atoms with Gasteiger partial charge in [-0.15, -0.1) is 20.4 Å². The summed E-state index contributed by atoms with van der Waals surface area (Å²) in [4.78, 5) is 46.3. The summed E-state index contributed by atoms with van der Waals surface area (Å²) in [6.45, 7) is 12.7. The molecule has 0 spiro atoms. The van der Waals surface area contributed by atoms with Gasteiger partial charge in [0.25, 0.3) is 11.8 Å². The third-order valence-corrected chi connectivity index (χ3v) is 19.7. The number of anilines is 4. The van der Waals surface area contributed by atoms with E-state index >= 15 is 26.3 Å². The Kier molecular flexibility index (Phi) is 20.2. The first kappa shape index (κ1) is 68.4. The molecule has 2 saturated heterocycles. The minimum Gasteiger partial charge on any atom is -0.370 e. The topological polar surface area (TPSA) is 206 Å². The Labute approximate surface area is 566 Å². The third-order valence-electron chi connectivity index (χ3n) is 19.7. The highest BCUT2D eigenvalue weighted by Crippen LogP contribution is 2.45. The molecular formula is C74H80F6N16O2. The van der Waals surface area contributed by atoms with Crippen molar-refractivity contribution < 1.29 is 35.9 Å². The Bertz CT molecular complexity index is 4370. The molecule has 0 radical (unpaired) electrons. The fourth-order valence-electron chi connectivity index (χ4n) is 14.7. The molecule has 8 aromatic rings. The van der Waals surface area contributed by atoms with Crippen molar-refractivity contribution in [2.45, 2.75) is 162 Å². The SMILES string of the molecule is Cc1ccc(-c2nncn2C)c(-c2cc(NCCCC#N)nc(N3Cc4c(cc(CN5CCCC[C@@H]5C(C)CCn5cnnc5-c5ccc(C)cc5-c5cc(NCCCC#N)nc(N6Cc7c(cc(CN8CCCC[C@H]8C(C)C)cc7C(F)(F)F)C6=O)c5)cc4C(F)(F)F)C3=O)c2)c1. The van der Waals surface area contributed by atoms with E-state index in [4.69, 9.17) is 9.97 Å². The molecule has 18 nitrogen and oxygen atoms in total. The van der Waals surface area contributed by atoms with Crippen molar-refractivity contribution in [1.29, 1.82) is 10.5 Å². The summed E-state index contributed by atoms with van der Waals surface area (Å²) in [5.41, 5.74) is 4.85. The minimum atomic E-state index is -4.79. The largest absolute Gasteiger partial charge is 0.416 e. The normalized spacial score (nSPS) is 17.1. The number of alkyl halides is 6. The van der Waals surface area contributed by atoms with Gasteiger partial charge >= 0.3 is 12.4 Å². The lowest BCUT2D eigenvalue weighted by Gasteiger charge is -2.39. The number of carbonyl (C=O) groups is 2. The number of halogens is 6. The van der Waals surface area contributed by atoms with E-state index in [0.717, 1.165) is 67.3 Å². The van der Waals surface area contributed by atoms with Crippen LogP contribution in [0.25, 0.3) is 45.0 Å². The lowest BCUT2D eigenvalue weighted by molar-refractivity contribution is -0.139. The zero-order chi connectivity index (χ0) is 69.2. The number of likely N-dealkylation sites (tertiary alicyclic amines) is 2. The standard InChI is InChI=1S/C74H80F6N16O2/c1-45(2)63-15-7-13-26-92(63)39-49-31-57-59(61(33-49)73(75,76)77)41-96(71(57)97)68-38-52(36-66(88-68)84-25-12-10-23-82)56-30-47(4)18-20-54(56)70-90-86-44-94(70)28-21-48(5)64-16-8-14-27-93(64)40-50-32-58-60(62(34-50)74(78,79)80)42-95(72(58)98)67-37-51(35-65(87-67)83-24-11-9-22-81)55-29-46(3)17-19-53(55)69-89-85-43-91(69)6/h17-20,29-38,43-45,48,63-64H,7-16,21,24-28,39-42H2,1-6H3,(H,83,87)(H,84,88)/t48?,63-,64+/m0/s1. The molecule has 8 heterocycles. The van der Waals surface area contributed by atoms with Gasteiger partial charge in [-0.2, -0.15) is 36.9 Å². The summed E-state index contributed by atoms with van der Waals surface area (Å²) in [5.74, 6) is 1.34. The molecule has 4 aliphatic rings. The van der Waals surface area contributed by atoms with Gasteiger partial charge in [0, 0.05) is 87.0 Å². The van der Waals surface area contributed by atoms with E-state index in [0.29, 0.717) is 121 Å². The number of aryl methyl sites for hydroxylation is 4. The van der Waals surface area contributed by atoms with Crippen molar-refractivity contribution in [2.75, 3.05) is 46.6 Å². The molecule has 24 heteroatoms. The summed E-state index contributed by atoms with van der Waals surface area (Å²) in [6, 6.07) is 29.0. The summed E-state index contributed by atoms with van der Waals surface area (Å²) in [7, 11) is 1.83. The van der Waals surface area contributed by atoms with Crippen LogP contribution >= 0.6 is 0 Å². The predicted octanol–water partition coefficient (Wildman–Crippen LogP) is 15.4. The summed E-state index contributed by atoms with van der Waals surface area (Å²) < 4.78 is 95.7. The second-order valence-corrected chi connectivity index (χ2v) is 27.0. The minimum absolute atomic E-state index is 0.0000777. The number of aromatic nitrogens is 8. The molecule has 4 aromatic heterocycles. The Morgan fingerprint density at radius 2 is 1.06 bits per heavy atom. The zero-order valence-corrected chi connectivity index (χ0v) is 56.0. The Hall–Kier alpha value is -9.52. The highest BCUT2D eigenvalue weighted by Gasteiger charge is 2.44. The monoisotopic (exact) mass is 1340 g/mol. The van der Waals surface area contributed by atoms with E-state index in [1.807, 2.05) is 74.0 Å². The van der Waals surface area contributed by atoms with Gasteiger partial charge < -0.3 is 19.8 Å². The molecule has 0 bridgehead atoms. The second-order valence-electron chi connectivity index (χ2n) is 27.0. The number of unbranched alkanes of at least 4 members (excludes halogenated alkanes) is 2. The lowest BCUT2D eigenvalue weighted by atomic mass is 9.88. The number of carbonyl (C=O) groups excluding carboxylic acids is 2. The Morgan fingerprint density at radius 1 is 0.582 bits per heavy atom. The molecule has 3 atom stereocenters. The van der Waals surface area contributed by atoms with Gasteiger partial charge in [-0.25, -0.2) is 9.97 Å². The van der Waals surface area contributed by atoms with Gasteiger partial charge in [-0.05, 0) is 177 Å². The number of nitrogens with one attached hydrogen (secondary N) is 2. The van der Waals surface area contributed by atoms with Gasteiger partial charge in [-0.3, -0.25) is 29.2 Å². The lowest BCUT2D eigenvalue weighted by Crippen LogP contribution is -2.43. The van der Waals surface area contributed by atoms with E-state index in [1.165, 1.54) is 21.9 Å². The fraction of sp³-hybridized carbons (Fsp3) is 0.432. The number of pyridine rings is 2.